The van der Waals surface area contributed by atoms with Crippen molar-refractivity contribution >= 4 is 17.0 Å². The van der Waals surface area contributed by atoms with Gasteiger partial charge in [-0.25, -0.2) is 4.79 Å². The number of nitrogens with zero attached hydrogens (tertiary/aromatic N) is 3. The number of imidazole rings is 1. The topological polar surface area (TPSA) is 151 Å². The van der Waals surface area contributed by atoms with Crippen LogP contribution in [0.4, 0.5) is 5.82 Å². The molecule has 3 aromatic rings. The number of anilines is 1. The third-order valence-corrected chi connectivity index (χ3v) is 4.92. The van der Waals surface area contributed by atoms with Crippen LogP contribution < -0.4 is 21.5 Å². The van der Waals surface area contributed by atoms with Crippen molar-refractivity contribution < 1.29 is 14.9 Å². The second kappa shape index (κ2) is 10.9. The highest BCUT2D eigenvalue weighted by Crippen LogP contribution is 2.19. The van der Waals surface area contributed by atoms with Gasteiger partial charge in [-0.3, -0.25) is 4.57 Å². The zero-order chi connectivity index (χ0) is 22.2. The van der Waals surface area contributed by atoms with Gasteiger partial charge in [-0.05, 0) is 30.5 Å². The summed E-state index contributed by atoms with van der Waals surface area (Å²) < 4.78 is 7.08. The number of nitrogen functional groups attached to an aromatic ring is 1. The highest BCUT2D eigenvalue weighted by molar-refractivity contribution is 5.81. The van der Waals surface area contributed by atoms with E-state index in [0.717, 1.165) is 24.0 Å². The van der Waals surface area contributed by atoms with Crippen LogP contribution in [0.5, 0.6) is 6.01 Å². The van der Waals surface area contributed by atoms with Crippen LogP contribution in [-0.2, 0) is 13.1 Å². The summed E-state index contributed by atoms with van der Waals surface area (Å²) in [6.45, 7) is 3.91. The molecule has 0 aliphatic carbocycles. The largest absolute Gasteiger partial charge is 0.463 e. The van der Waals surface area contributed by atoms with Gasteiger partial charge in [0.25, 0.3) is 0 Å². The number of hydrogen-bond acceptors (Lipinski definition) is 8. The van der Waals surface area contributed by atoms with Crippen molar-refractivity contribution in [1.29, 1.82) is 0 Å². The molecule has 1 aromatic carbocycles. The summed E-state index contributed by atoms with van der Waals surface area (Å²) in [4.78, 5) is 23.7. The molecule has 2 heterocycles. The smallest absolute Gasteiger partial charge is 0.328 e. The summed E-state index contributed by atoms with van der Waals surface area (Å²) in [6.07, 6.45) is 1.67. The first-order valence-electron chi connectivity index (χ1n) is 10.5. The minimum Gasteiger partial charge on any atom is -0.463 e. The second-order valence-corrected chi connectivity index (χ2v) is 7.43. The van der Waals surface area contributed by atoms with E-state index in [0.29, 0.717) is 43.8 Å². The van der Waals surface area contributed by atoms with Crippen LogP contribution >= 0.6 is 0 Å². The van der Waals surface area contributed by atoms with E-state index in [-0.39, 0.29) is 24.1 Å². The van der Waals surface area contributed by atoms with E-state index in [1.165, 1.54) is 4.57 Å². The average Bonchev–Trinajstić information content (AvgIpc) is 3.08. The number of ether oxygens (including phenoxy) is 1. The number of nitrogens with two attached hydrogens (primary N) is 1. The van der Waals surface area contributed by atoms with Gasteiger partial charge in [0.1, 0.15) is 5.52 Å². The standard InChI is InChI=1S/C21H30N6O4/c1-2-3-10-31-20-25-18(22)17-19(26-20)27(21(30)24-17)12-15-6-4-14(5-7-15)11-23-9-8-16(29)13-28/h4-7,16,23,28-29H,2-3,8-13H2,1H3,(H,24,30)(H2,22,25,26). The molecule has 0 bridgehead atoms. The summed E-state index contributed by atoms with van der Waals surface area (Å²) in [6, 6.07) is 8.03. The van der Waals surface area contributed by atoms with Gasteiger partial charge in [-0.2, -0.15) is 9.97 Å². The van der Waals surface area contributed by atoms with Crippen LogP contribution in [0, 0.1) is 0 Å². The van der Waals surface area contributed by atoms with Crippen LogP contribution in [-0.4, -0.2) is 55.6 Å². The quantitative estimate of drug-likeness (QED) is 0.264. The fourth-order valence-electron chi connectivity index (χ4n) is 3.09. The number of unbranched alkanes of at least 4 members (excludes halogenated alkanes) is 1. The first-order chi connectivity index (χ1) is 15.0. The maximum absolute atomic E-state index is 12.5. The van der Waals surface area contributed by atoms with Crippen molar-refractivity contribution in [2.24, 2.45) is 0 Å². The number of benzene rings is 1. The van der Waals surface area contributed by atoms with Crippen molar-refractivity contribution in [3.8, 4) is 6.01 Å². The maximum atomic E-state index is 12.5. The number of aromatic nitrogens is 4. The van der Waals surface area contributed by atoms with Crippen LogP contribution in [0.2, 0.25) is 0 Å². The summed E-state index contributed by atoms with van der Waals surface area (Å²) >= 11 is 0. The average molecular weight is 431 g/mol. The fourth-order valence-corrected chi connectivity index (χ4v) is 3.09. The molecule has 31 heavy (non-hydrogen) atoms. The summed E-state index contributed by atoms with van der Waals surface area (Å²) in [7, 11) is 0. The lowest BCUT2D eigenvalue weighted by Gasteiger charge is -2.09. The van der Waals surface area contributed by atoms with E-state index in [1.54, 1.807) is 0 Å². The zero-order valence-electron chi connectivity index (χ0n) is 17.7. The number of nitrogens with one attached hydrogen (secondary N) is 2. The van der Waals surface area contributed by atoms with Crippen LogP contribution in [0.15, 0.2) is 29.1 Å². The van der Waals surface area contributed by atoms with Crippen molar-refractivity contribution in [1.82, 2.24) is 24.8 Å². The molecule has 1 atom stereocenters. The molecule has 1 unspecified atom stereocenters. The highest BCUT2D eigenvalue weighted by Gasteiger charge is 2.15. The molecule has 0 spiro atoms. The fraction of sp³-hybridized carbons (Fsp3) is 0.476. The first kappa shape index (κ1) is 22.7. The molecule has 3 rings (SSSR count). The summed E-state index contributed by atoms with van der Waals surface area (Å²) in [5, 5.41) is 21.4. The zero-order valence-corrected chi connectivity index (χ0v) is 17.7. The van der Waals surface area contributed by atoms with Crippen molar-refractivity contribution in [3.63, 3.8) is 0 Å². The molecular weight excluding hydrogens is 400 g/mol. The third-order valence-electron chi connectivity index (χ3n) is 4.92. The van der Waals surface area contributed by atoms with Gasteiger partial charge >= 0.3 is 11.7 Å². The lowest BCUT2D eigenvalue weighted by molar-refractivity contribution is 0.0883. The van der Waals surface area contributed by atoms with Crippen LogP contribution in [0.25, 0.3) is 11.2 Å². The molecule has 10 nitrogen and oxygen atoms in total. The molecule has 2 aromatic heterocycles. The summed E-state index contributed by atoms with van der Waals surface area (Å²) in [5.41, 5.74) is 8.51. The summed E-state index contributed by atoms with van der Waals surface area (Å²) in [5.74, 6) is 0.181. The van der Waals surface area contributed by atoms with E-state index >= 15 is 0 Å². The molecule has 10 heteroatoms. The Morgan fingerprint density at radius 2 is 2.00 bits per heavy atom. The SMILES string of the molecule is CCCCOc1nc(N)c2[nH]c(=O)n(Cc3ccc(CNCCC(O)CO)cc3)c2n1. The molecule has 0 saturated heterocycles. The number of hydrogen-bond donors (Lipinski definition) is 5. The number of aliphatic hydroxyl groups excluding tert-OH is 2. The lowest BCUT2D eigenvalue weighted by Crippen LogP contribution is -2.22. The van der Waals surface area contributed by atoms with Gasteiger partial charge in [-0.1, -0.05) is 37.6 Å². The van der Waals surface area contributed by atoms with Crippen molar-refractivity contribution in [3.05, 3.63) is 45.9 Å². The Morgan fingerprint density at radius 3 is 2.71 bits per heavy atom. The van der Waals surface area contributed by atoms with Crippen molar-refractivity contribution in [2.75, 3.05) is 25.5 Å². The Balaban J connectivity index is 1.69. The van der Waals surface area contributed by atoms with E-state index < -0.39 is 6.10 Å². The normalized spacial score (nSPS) is 12.4. The predicted molar refractivity (Wildman–Crippen MR) is 118 cm³/mol. The van der Waals surface area contributed by atoms with Crippen molar-refractivity contribution in [2.45, 2.75) is 45.4 Å². The molecule has 0 radical (unpaired) electrons. The number of rotatable bonds is 12. The maximum Gasteiger partial charge on any atom is 0.328 e. The number of H-pyrrole nitrogens is 1. The molecule has 6 N–H and O–H groups in total. The molecular formula is C21H30N6O4. The van der Waals surface area contributed by atoms with E-state index in [4.69, 9.17) is 15.6 Å². The van der Waals surface area contributed by atoms with Gasteiger partial charge in [0.2, 0.25) is 0 Å². The van der Waals surface area contributed by atoms with Gasteiger partial charge in [0.15, 0.2) is 11.5 Å². The van der Waals surface area contributed by atoms with E-state index in [2.05, 4.69) is 27.2 Å². The minimum absolute atomic E-state index is 0.166. The van der Waals surface area contributed by atoms with Crippen LogP contribution in [0.1, 0.15) is 37.3 Å². The molecule has 0 amide bonds. The molecule has 0 aliphatic rings. The van der Waals surface area contributed by atoms with Gasteiger partial charge in [0.05, 0.1) is 25.9 Å². The Hall–Kier alpha value is -2.95. The Kier molecular flexibility index (Phi) is 7.99. The minimum atomic E-state index is -0.695. The number of aliphatic hydroxyl groups is 2. The van der Waals surface area contributed by atoms with E-state index in [9.17, 15) is 9.90 Å². The molecule has 0 fully saturated rings. The van der Waals surface area contributed by atoms with E-state index in [1.807, 2.05) is 24.3 Å². The van der Waals surface area contributed by atoms with Gasteiger partial charge in [0, 0.05) is 6.54 Å². The Labute approximate surface area is 180 Å². The first-order valence-corrected chi connectivity index (χ1v) is 10.5. The van der Waals surface area contributed by atoms with Gasteiger partial charge < -0.3 is 31.0 Å². The second-order valence-electron chi connectivity index (χ2n) is 7.43. The Bertz CT molecular complexity index is 1030. The monoisotopic (exact) mass is 430 g/mol. The molecule has 0 aliphatic heterocycles. The third kappa shape index (κ3) is 6.03. The predicted octanol–water partition coefficient (Wildman–Crippen LogP) is 0.762. The highest BCUT2D eigenvalue weighted by atomic mass is 16.5. The molecule has 0 saturated carbocycles. The van der Waals surface area contributed by atoms with Crippen LogP contribution in [0.3, 0.4) is 0 Å². The Morgan fingerprint density at radius 1 is 1.26 bits per heavy atom. The number of fused-ring (bicyclic) bond motifs is 1. The number of aromatic amines is 1. The molecule has 168 valence electrons. The lowest BCUT2D eigenvalue weighted by atomic mass is 10.1. The van der Waals surface area contributed by atoms with Gasteiger partial charge in [-0.15, -0.1) is 0 Å².